The van der Waals surface area contributed by atoms with Crippen LogP contribution in [0.25, 0.3) is 0 Å². The molecule has 0 radical (unpaired) electrons. The quantitative estimate of drug-likeness (QED) is 0.478. The lowest BCUT2D eigenvalue weighted by molar-refractivity contribution is 0.505. The predicted molar refractivity (Wildman–Crippen MR) is 96.0 cm³/mol. The third-order valence-corrected chi connectivity index (χ3v) is 3.64. The van der Waals surface area contributed by atoms with Gasteiger partial charge >= 0.3 is 0 Å². The molecule has 0 atom stereocenters. The molecule has 20 heavy (non-hydrogen) atoms. The maximum Gasteiger partial charge on any atom is 0.139 e. The Bertz CT molecular complexity index is 343. The summed E-state index contributed by atoms with van der Waals surface area (Å²) in [5.74, 6) is 0.837. The van der Waals surface area contributed by atoms with Gasteiger partial charge in [0.05, 0.1) is 0 Å². The van der Waals surface area contributed by atoms with Crippen molar-refractivity contribution in [1.29, 1.82) is 0 Å². The van der Waals surface area contributed by atoms with E-state index in [9.17, 15) is 0 Å². The number of aryl methyl sites for hydroxylation is 1. The zero-order valence-corrected chi connectivity index (χ0v) is 15.6. The molecule has 1 aromatic rings. The lowest BCUT2D eigenvalue weighted by Crippen LogP contribution is -2.15. The van der Waals surface area contributed by atoms with E-state index in [2.05, 4.69) is 59.7 Å². The number of hydrogen-bond acceptors (Lipinski definition) is 2. The van der Waals surface area contributed by atoms with Crippen molar-refractivity contribution in [3.8, 4) is 5.75 Å². The summed E-state index contributed by atoms with van der Waals surface area (Å²) in [7, 11) is 0. The zero-order valence-electron chi connectivity index (χ0n) is 14.7. The molecule has 0 unspecified atom stereocenters. The van der Waals surface area contributed by atoms with Gasteiger partial charge in [0.15, 0.2) is 0 Å². The van der Waals surface area contributed by atoms with E-state index in [1.165, 1.54) is 18.4 Å². The normalized spacial score (nSPS) is 9.85. The van der Waals surface area contributed by atoms with Gasteiger partial charge in [-0.05, 0) is 36.0 Å². The molecule has 0 amide bonds. The third kappa shape index (κ3) is 7.84. The van der Waals surface area contributed by atoms with Crippen LogP contribution >= 0.6 is 12.9 Å². The van der Waals surface area contributed by atoms with Gasteiger partial charge in [-0.25, -0.2) is 0 Å². The highest BCUT2D eigenvalue weighted by Gasteiger charge is 2.18. The van der Waals surface area contributed by atoms with Crippen LogP contribution < -0.4 is 4.18 Å². The second-order valence-electron chi connectivity index (χ2n) is 5.31. The highest BCUT2D eigenvalue weighted by molar-refractivity contribution is 7.75. The van der Waals surface area contributed by atoms with E-state index in [1.807, 2.05) is 26.8 Å². The molecule has 0 spiro atoms. The molecule has 118 valence electrons. The average molecular weight is 299 g/mol. The van der Waals surface area contributed by atoms with Gasteiger partial charge in [-0.1, -0.05) is 73.4 Å². The predicted octanol–water partition coefficient (Wildman–Crippen LogP) is 6.74. The van der Waals surface area contributed by atoms with Crippen LogP contribution in [0.1, 0.15) is 78.9 Å². The van der Waals surface area contributed by atoms with Gasteiger partial charge in [0.25, 0.3) is 0 Å². The second kappa shape index (κ2) is 12.1. The van der Waals surface area contributed by atoms with Gasteiger partial charge in [0.1, 0.15) is 5.75 Å². The molecule has 2 heteroatoms. The summed E-state index contributed by atoms with van der Waals surface area (Å²) in [4.78, 5) is 0. The van der Waals surface area contributed by atoms with Gasteiger partial charge in [-0.15, -0.1) is 0 Å². The Morgan fingerprint density at radius 2 is 1.55 bits per heavy atom. The van der Waals surface area contributed by atoms with Crippen LogP contribution in [0.2, 0.25) is 0 Å². The van der Waals surface area contributed by atoms with E-state index in [0.29, 0.717) is 0 Å². The lowest BCUT2D eigenvalue weighted by atomic mass is 9.82. The van der Waals surface area contributed by atoms with Crippen LogP contribution in [0.5, 0.6) is 5.75 Å². The van der Waals surface area contributed by atoms with E-state index < -0.39 is 0 Å². The van der Waals surface area contributed by atoms with Crippen molar-refractivity contribution in [3.05, 3.63) is 29.3 Å². The van der Waals surface area contributed by atoms with E-state index in [1.54, 1.807) is 0 Å². The summed E-state index contributed by atoms with van der Waals surface area (Å²) in [5.41, 5.74) is 2.73. The van der Waals surface area contributed by atoms with Crippen LogP contribution in [0.15, 0.2) is 18.2 Å². The molecule has 0 aliphatic rings. The Hall–Kier alpha value is -0.630. The highest BCUT2D eigenvalue weighted by atomic mass is 32.1. The standard InChI is InChI=1S/C12H18OS.C4H10.C2H6/c1-5-12(3,4)10-6-7-11(13-14)9(2)8-10;1-3-4-2;1-2/h6-8,14H,5H2,1-4H3;3-4H2,1-2H3;1-2H3. The number of rotatable bonds is 4. The van der Waals surface area contributed by atoms with Gasteiger partial charge in [-0.3, -0.25) is 0 Å². The van der Waals surface area contributed by atoms with Crippen molar-refractivity contribution in [2.45, 2.75) is 80.1 Å². The Balaban J connectivity index is 0. The van der Waals surface area contributed by atoms with Crippen molar-refractivity contribution >= 4 is 12.9 Å². The lowest BCUT2D eigenvalue weighted by Gasteiger charge is -2.24. The van der Waals surface area contributed by atoms with E-state index in [4.69, 9.17) is 4.18 Å². The molecule has 0 fully saturated rings. The molecule has 1 aromatic carbocycles. The van der Waals surface area contributed by atoms with Gasteiger partial charge in [0, 0.05) is 12.9 Å². The number of hydrogen-bond donors (Lipinski definition) is 1. The summed E-state index contributed by atoms with van der Waals surface area (Å²) in [5, 5.41) is 0. The first-order valence-corrected chi connectivity index (χ1v) is 8.21. The molecule has 0 aromatic heterocycles. The monoisotopic (exact) mass is 298 g/mol. The second-order valence-corrected chi connectivity index (χ2v) is 5.49. The first kappa shape index (κ1) is 21.7. The van der Waals surface area contributed by atoms with E-state index in [-0.39, 0.29) is 5.41 Å². The average Bonchev–Trinajstić information content (AvgIpc) is 2.49. The molecule has 1 nitrogen and oxygen atoms in total. The number of benzene rings is 1. The zero-order chi connectivity index (χ0) is 16.2. The SMILES string of the molecule is CC.CCC(C)(C)c1ccc(OS)c(C)c1.CCCC. The fraction of sp³-hybridized carbons (Fsp3) is 0.667. The summed E-state index contributed by atoms with van der Waals surface area (Å²) in [6.07, 6.45) is 3.77. The van der Waals surface area contributed by atoms with Crippen LogP contribution in [-0.2, 0) is 5.41 Å². The van der Waals surface area contributed by atoms with Crippen LogP contribution in [0, 0.1) is 6.92 Å². The first-order valence-electron chi connectivity index (χ1n) is 7.85. The molecule has 1 rings (SSSR count). The Labute approximate surface area is 132 Å². The molecule has 0 saturated heterocycles. The Morgan fingerprint density at radius 1 is 1.05 bits per heavy atom. The molecule has 0 bridgehead atoms. The minimum Gasteiger partial charge on any atom is -0.429 e. The Morgan fingerprint density at radius 3 is 1.85 bits per heavy atom. The highest BCUT2D eigenvalue weighted by Crippen LogP contribution is 2.30. The minimum absolute atomic E-state index is 0.236. The van der Waals surface area contributed by atoms with Crippen molar-refractivity contribution in [2.75, 3.05) is 0 Å². The van der Waals surface area contributed by atoms with Crippen molar-refractivity contribution in [1.82, 2.24) is 0 Å². The third-order valence-electron chi connectivity index (χ3n) is 3.44. The van der Waals surface area contributed by atoms with Gasteiger partial charge in [0.2, 0.25) is 0 Å². The summed E-state index contributed by atoms with van der Waals surface area (Å²) in [6.45, 7) is 17.1. The Kier molecular flexibility index (Phi) is 13.1. The molecule has 0 aliphatic heterocycles. The van der Waals surface area contributed by atoms with Gasteiger partial charge < -0.3 is 4.18 Å². The first-order chi connectivity index (χ1) is 9.42. The number of thiol groups is 1. The van der Waals surface area contributed by atoms with Crippen molar-refractivity contribution in [3.63, 3.8) is 0 Å². The largest absolute Gasteiger partial charge is 0.429 e. The topological polar surface area (TPSA) is 9.23 Å². The number of unbranched alkanes of at least 4 members (excludes halogenated alkanes) is 1. The van der Waals surface area contributed by atoms with Crippen molar-refractivity contribution in [2.24, 2.45) is 0 Å². The minimum atomic E-state index is 0.236. The summed E-state index contributed by atoms with van der Waals surface area (Å²) >= 11 is 3.81. The van der Waals surface area contributed by atoms with Crippen LogP contribution in [0.3, 0.4) is 0 Å². The van der Waals surface area contributed by atoms with Crippen LogP contribution in [-0.4, -0.2) is 0 Å². The van der Waals surface area contributed by atoms with E-state index in [0.717, 1.165) is 17.7 Å². The molecule has 0 heterocycles. The molecule has 0 aliphatic carbocycles. The molecule has 0 saturated carbocycles. The molecular weight excluding hydrogens is 264 g/mol. The van der Waals surface area contributed by atoms with Crippen molar-refractivity contribution < 1.29 is 4.18 Å². The molecule has 0 N–H and O–H groups in total. The molecular formula is C18H34OS. The summed E-state index contributed by atoms with van der Waals surface area (Å²) in [6, 6.07) is 6.27. The fourth-order valence-electron chi connectivity index (χ4n) is 1.38. The fourth-order valence-corrected chi connectivity index (χ4v) is 1.58. The maximum atomic E-state index is 4.94. The smallest absolute Gasteiger partial charge is 0.139 e. The summed E-state index contributed by atoms with van der Waals surface area (Å²) < 4.78 is 4.94. The maximum absolute atomic E-state index is 4.94. The van der Waals surface area contributed by atoms with E-state index >= 15 is 0 Å². The van der Waals surface area contributed by atoms with Crippen LogP contribution in [0.4, 0.5) is 0 Å². The van der Waals surface area contributed by atoms with Gasteiger partial charge in [-0.2, -0.15) is 0 Å².